The Morgan fingerprint density at radius 3 is 2.76 bits per heavy atom. The minimum absolute atomic E-state index is 0.470. The molecule has 0 spiro atoms. The third-order valence-electron chi connectivity index (χ3n) is 3.89. The molecule has 0 aliphatic carbocycles. The predicted molar refractivity (Wildman–Crippen MR) is 76.4 cm³/mol. The molecule has 1 rings (SSSR count). The molecule has 1 aliphatic heterocycles. The van der Waals surface area contributed by atoms with Gasteiger partial charge in [0.2, 0.25) is 0 Å². The molecule has 2 N–H and O–H groups in total. The highest BCUT2D eigenvalue weighted by molar-refractivity contribution is 4.75. The van der Waals surface area contributed by atoms with Crippen LogP contribution < -0.4 is 10.6 Å². The van der Waals surface area contributed by atoms with Gasteiger partial charge in [-0.05, 0) is 50.2 Å². The lowest BCUT2D eigenvalue weighted by Crippen LogP contribution is -2.39. The fourth-order valence-corrected chi connectivity index (χ4v) is 2.65. The number of nitrogens with one attached hydrogen (secondary N) is 2. The molecule has 2 heteroatoms. The summed E-state index contributed by atoms with van der Waals surface area (Å²) in [6.45, 7) is 11.9. The van der Waals surface area contributed by atoms with Gasteiger partial charge < -0.3 is 10.6 Å². The normalized spacial score (nSPS) is 21.7. The maximum absolute atomic E-state index is 3.68. The van der Waals surface area contributed by atoms with E-state index in [0.717, 1.165) is 5.92 Å². The Balaban J connectivity index is 2.06. The molecule has 2 nitrogen and oxygen atoms in total. The Morgan fingerprint density at radius 2 is 2.12 bits per heavy atom. The Hall–Kier alpha value is -0.0800. The number of piperidine rings is 1. The van der Waals surface area contributed by atoms with Crippen molar-refractivity contribution in [1.29, 1.82) is 0 Å². The molecule has 1 heterocycles. The summed E-state index contributed by atoms with van der Waals surface area (Å²) in [6.07, 6.45) is 8.21. The summed E-state index contributed by atoms with van der Waals surface area (Å²) in [5.74, 6) is 0.857. The second kappa shape index (κ2) is 8.10. The Kier molecular flexibility index (Phi) is 7.14. The summed E-state index contributed by atoms with van der Waals surface area (Å²) in [6, 6.07) is 0. The Bertz CT molecular complexity index is 183. The molecular weight excluding hydrogens is 208 g/mol. The van der Waals surface area contributed by atoms with Crippen molar-refractivity contribution in [3.63, 3.8) is 0 Å². The van der Waals surface area contributed by atoms with E-state index in [4.69, 9.17) is 0 Å². The van der Waals surface area contributed by atoms with Crippen LogP contribution in [0.5, 0.6) is 0 Å². The van der Waals surface area contributed by atoms with Crippen molar-refractivity contribution in [3.8, 4) is 0 Å². The zero-order valence-electron chi connectivity index (χ0n) is 12.1. The number of rotatable bonds is 8. The van der Waals surface area contributed by atoms with Gasteiger partial charge in [-0.1, -0.05) is 40.0 Å². The molecule has 0 saturated carbocycles. The average Bonchev–Trinajstić information content (AvgIpc) is 2.30. The smallest absolute Gasteiger partial charge is 0.000264 e. The fraction of sp³-hybridized carbons (Fsp3) is 1.00. The SMILES string of the molecule is CCCCCC(C)(C)CNCC1CCCNC1. The lowest BCUT2D eigenvalue weighted by molar-refractivity contribution is 0.281. The lowest BCUT2D eigenvalue weighted by Gasteiger charge is -2.28. The van der Waals surface area contributed by atoms with Crippen molar-refractivity contribution < 1.29 is 0 Å². The van der Waals surface area contributed by atoms with Gasteiger partial charge in [-0.25, -0.2) is 0 Å². The monoisotopic (exact) mass is 240 g/mol. The van der Waals surface area contributed by atoms with Crippen molar-refractivity contribution in [1.82, 2.24) is 10.6 Å². The van der Waals surface area contributed by atoms with E-state index in [1.165, 1.54) is 64.7 Å². The minimum atomic E-state index is 0.470. The van der Waals surface area contributed by atoms with Crippen LogP contribution >= 0.6 is 0 Å². The maximum atomic E-state index is 3.68. The third-order valence-corrected chi connectivity index (χ3v) is 3.89. The molecule has 1 saturated heterocycles. The van der Waals surface area contributed by atoms with Crippen LogP contribution in [0.15, 0.2) is 0 Å². The second-order valence-electron chi connectivity index (χ2n) is 6.46. The zero-order chi connectivity index (χ0) is 12.6. The summed E-state index contributed by atoms with van der Waals surface area (Å²) < 4.78 is 0. The van der Waals surface area contributed by atoms with Gasteiger partial charge in [-0.3, -0.25) is 0 Å². The first-order chi connectivity index (χ1) is 8.14. The van der Waals surface area contributed by atoms with Crippen molar-refractivity contribution in [2.75, 3.05) is 26.2 Å². The number of hydrogen-bond donors (Lipinski definition) is 2. The van der Waals surface area contributed by atoms with Crippen LogP contribution in [0.3, 0.4) is 0 Å². The van der Waals surface area contributed by atoms with Crippen LogP contribution in [0.2, 0.25) is 0 Å². The van der Waals surface area contributed by atoms with Gasteiger partial charge in [0.15, 0.2) is 0 Å². The largest absolute Gasteiger partial charge is 0.316 e. The Labute approximate surface area is 108 Å². The molecule has 1 unspecified atom stereocenters. The predicted octanol–water partition coefficient (Wildman–Crippen LogP) is 3.18. The highest BCUT2D eigenvalue weighted by Gasteiger charge is 2.18. The van der Waals surface area contributed by atoms with E-state index in [1.807, 2.05) is 0 Å². The first-order valence-corrected chi connectivity index (χ1v) is 7.55. The number of hydrogen-bond acceptors (Lipinski definition) is 2. The van der Waals surface area contributed by atoms with E-state index < -0.39 is 0 Å². The zero-order valence-corrected chi connectivity index (χ0v) is 12.1. The van der Waals surface area contributed by atoms with Gasteiger partial charge in [0.1, 0.15) is 0 Å². The molecule has 0 amide bonds. The van der Waals surface area contributed by atoms with Gasteiger partial charge in [0.05, 0.1) is 0 Å². The molecule has 1 aliphatic rings. The van der Waals surface area contributed by atoms with Crippen molar-refractivity contribution >= 4 is 0 Å². The van der Waals surface area contributed by atoms with Gasteiger partial charge in [-0.15, -0.1) is 0 Å². The molecule has 0 aromatic carbocycles. The highest BCUT2D eigenvalue weighted by atomic mass is 14.9. The van der Waals surface area contributed by atoms with Crippen molar-refractivity contribution in [2.24, 2.45) is 11.3 Å². The summed E-state index contributed by atoms with van der Waals surface area (Å²) in [5, 5.41) is 7.17. The van der Waals surface area contributed by atoms with E-state index in [-0.39, 0.29) is 0 Å². The van der Waals surface area contributed by atoms with Crippen molar-refractivity contribution in [3.05, 3.63) is 0 Å². The van der Waals surface area contributed by atoms with Crippen molar-refractivity contribution in [2.45, 2.75) is 59.3 Å². The van der Waals surface area contributed by atoms with E-state index in [9.17, 15) is 0 Å². The first-order valence-electron chi connectivity index (χ1n) is 7.55. The lowest BCUT2D eigenvalue weighted by atomic mass is 9.86. The molecule has 0 radical (unpaired) electrons. The minimum Gasteiger partial charge on any atom is -0.316 e. The highest BCUT2D eigenvalue weighted by Crippen LogP contribution is 2.22. The van der Waals surface area contributed by atoms with Gasteiger partial charge >= 0.3 is 0 Å². The van der Waals surface area contributed by atoms with Crippen LogP contribution in [0, 0.1) is 11.3 Å². The summed E-state index contributed by atoms with van der Waals surface area (Å²) in [7, 11) is 0. The third kappa shape index (κ3) is 7.05. The van der Waals surface area contributed by atoms with E-state index in [1.54, 1.807) is 0 Å². The number of unbranched alkanes of at least 4 members (excludes halogenated alkanes) is 2. The molecule has 17 heavy (non-hydrogen) atoms. The molecule has 0 bridgehead atoms. The van der Waals surface area contributed by atoms with Gasteiger partial charge in [-0.2, -0.15) is 0 Å². The fourth-order valence-electron chi connectivity index (χ4n) is 2.65. The molecular formula is C15H32N2. The second-order valence-corrected chi connectivity index (χ2v) is 6.46. The quantitative estimate of drug-likeness (QED) is 0.637. The van der Waals surface area contributed by atoms with Crippen LogP contribution in [0.1, 0.15) is 59.3 Å². The van der Waals surface area contributed by atoms with Gasteiger partial charge in [0.25, 0.3) is 0 Å². The van der Waals surface area contributed by atoms with Crippen LogP contribution in [0.4, 0.5) is 0 Å². The van der Waals surface area contributed by atoms with Crippen LogP contribution in [0.25, 0.3) is 0 Å². The molecule has 1 atom stereocenters. The standard InChI is InChI=1S/C15H32N2/c1-4-5-6-9-15(2,3)13-17-12-14-8-7-10-16-11-14/h14,16-17H,4-13H2,1-3H3. The van der Waals surface area contributed by atoms with Gasteiger partial charge in [0, 0.05) is 6.54 Å². The maximum Gasteiger partial charge on any atom is 0.000264 e. The molecule has 0 aromatic rings. The topological polar surface area (TPSA) is 24.1 Å². The summed E-state index contributed by atoms with van der Waals surface area (Å²) >= 11 is 0. The Morgan fingerprint density at radius 1 is 1.29 bits per heavy atom. The molecule has 1 fully saturated rings. The first kappa shape index (κ1) is 15.0. The summed E-state index contributed by atoms with van der Waals surface area (Å²) in [5.41, 5.74) is 0.470. The molecule has 102 valence electrons. The van der Waals surface area contributed by atoms with E-state index >= 15 is 0 Å². The van der Waals surface area contributed by atoms with Crippen LogP contribution in [-0.2, 0) is 0 Å². The molecule has 0 aromatic heterocycles. The average molecular weight is 240 g/mol. The summed E-state index contributed by atoms with van der Waals surface area (Å²) in [4.78, 5) is 0. The van der Waals surface area contributed by atoms with Crippen LogP contribution in [-0.4, -0.2) is 26.2 Å². The van der Waals surface area contributed by atoms with E-state index in [0.29, 0.717) is 5.41 Å². The van der Waals surface area contributed by atoms with E-state index in [2.05, 4.69) is 31.4 Å².